The lowest BCUT2D eigenvalue weighted by molar-refractivity contribution is -0.133. The highest BCUT2D eigenvalue weighted by atomic mass is 16.2. The molecule has 1 unspecified atom stereocenters. The highest BCUT2D eigenvalue weighted by Crippen LogP contribution is 2.19. The van der Waals surface area contributed by atoms with Crippen LogP contribution in [0.25, 0.3) is 0 Å². The van der Waals surface area contributed by atoms with E-state index in [1.807, 2.05) is 20.8 Å². The molecule has 1 rings (SSSR count). The fraction of sp³-hybridized carbons (Fsp3) is 0.545. The minimum Gasteiger partial charge on any atom is -0.331 e. The molecule has 16 heavy (non-hydrogen) atoms. The molecule has 0 aliphatic carbocycles. The first-order chi connectivity index (χ1) is 7.57. The van der Waals surface area contributed by atoms with Crippen LogP contribution in [-0.4, -0.2) is 33.4 Å². The predicted octanol–water partition coefficient (Wildman–Crippen LogP) is 0.733. The molecule has 0 bridgehead atoms. The fourth-order valence-electron chi connectivity index (χ4n) is 1.73. The highest BCUT2D eigenvalue weighted by molar-refractivity contribution is 5.78. The zero-order valence-corrected chi connectivity index (χ0v) is 9.92. The van der Waals surface area contributed by atoms with Crippen molar-refractivity contribution in [2.75, 3.05) is 6.54 Å². The van der Waals surface area contributed by atoms with E-state index in [2.05, 4.69) is 9.97 Å². The van der Waals surface area contributed by atoms with Gasteiger partial charge < -0.3 is 10.6 Å². The third-order valence-electron chi connectivity index (χ3n) is 2.45. The van der Waals surface area contributed by atoms with Crippen molar-refractivity contribution in [1.29, 1.82) is 0 Å². The van der Waals surface area contributed by atoms with Crippen molar-refractivity contribution in [3.05, 3.63) is 24.3 Å². The molecule has 1 amide bonds. The van der Waals surface area contributed by atoms with Gasteiger partial charge in [-0.25, -0.2) is 0 Å². The van der Waals surface area contributed by atoms with Crippen LogP contribution in [0.2, 0.25) is 0 Å². The number of nitrogens with two attached hydrogens (primary N) is 1. The third kappa shape index (κ3) is 2.76. The van der Waals surface area contributed by atoms with Crippen LogP contribution in [0.15, 0.2) is 18.6 Å². The Kier molecular flexibility index (Phi) is 4.37. The summed E-state index contributed by atoms with van der Waals surface area (Å²) in [7, 11) is 0. The average molecular weight is 222 g/mol. The van der Waals surface area contributed by atoms with E-state index in [4.69, 9.17) is 5.73 Å². The molecule has 0 spiro atoms. The first-order valence-electron chi connectivity index (χ1n) is 5.35. The molecule has 1 atom stereocenters. The van der Waals surface area contributed by atoms with Gasteiger partial charge >= 0.3 is 0 Å². The van der Waals surface area contributed by atoms with Crippen molar-refractivity contribution in [2.45, 2.75) is 32.9 Å². The molecular formula is C11H18N4O. The van der Waals surface area contributed by atoms with Crippen molar-refractivity contribution < 1.29 is 4.79 Å². The Morgan fingerprint density at radius 1 is 1.44 bits per heavy atom. The van der Waals surface area contributed by atoms with Gasteiger partial charge in [-0.15, -0.1) is 0 Å². The molecule has 0 aliphatic rings. The molecule has 0 saturated heterocycles. The van der Waals surface area contributed by atoms with Gasteiger partial charge in [0.15, 0.2) is 0 Å². The van der Waals surface area contributed by atoms with Gasteiger partial charge in [0.1, 0.15) is 0 Å². The van der Waals surface area contributed by atoms with Gasteiger partial charge in [-0.05, 0) is 20.8 Å². The number of nitrogens with zero attached hydrogens (tertiary/aromatic N) is 3. The van der Waals surface area contributed by atoms with E-state index < -0.39 is 0 Å². The summed E-state index contributed by atoms with van der Waals surface area (Å²) >= 11 is 0. The lowest BCUT2D eigenvalue weighted by Crippen LogP contribution is -2.42. The maximum atomic E-state index is 11.7. The Morgan fingerprint density at radius 3 is 2.56 bits per heavy atom. The van der Waals surface area contributed by atoms with Crippen molar-refractivity contribution in [3.63, 3.8) is 0 Å². The molecule has 88 valence electrons. The van der Waals surface area contributed by atoms with Gasteiger partial charge in [0, 0.05) is 18.4 Å². The quantitative estimate of drug-likeness (QED) is 0.815. The van der Waals surface area contributed by atoms with Gasteiger partial charge in [0.05, 0.1) is 24.5 Å². The van der Waals surface area contributed by atoms with Crippen molar-refractivity contribution in [2.24, 2.45) is 5.73 Å². The molecule has 0 aliphatic heterocycles. The van der Waals surface area contributed by atoms with Gasteiger partial charge in [-0.3, -0.25) is 14.8 Å². The topological polar surface area (TPSA) is 72.1 Å². The van der Waals surface area contributed by atoms with E-state index in [0.717, 1.165) is 5.69 Å². The fourth-order valence-corrected chi connectivity index (χ4v) is 1.73. The zero-order valence-electron chi connectivity index (χ0n) is 9.92. The summed E-state index contributed by atoms with van der Waals surface area (Å²) in [5, 5.41) is 0. The van der Waals surface area contributed by atoms with Crippen LogP contribution in [0.3, 0.4) is 0 Å². The second-order valence-electron chi connectivity index (χ2n) is 3.91. The molecular weight excluding hydrogens is 204 g/mol. The molecule has 0 radical (unpaired) electrons. The number of carbonyl (C=O) groups excluding carboxylic acids is 1. The number of aromatic nitrogens is 2. The number of hydrogen-bond donors (Lipinski definition) is 1. The summed E-state index contributed by atoms with van der Waals surface area (Å²) in [6, 6.07) is -0.0159. The van der Waals surface area contributed by atoms with Crippen molar-refractivity contribution in [3.8, 4) is 0 Å². The molecule has 5 nitrogen and oxygen atoms in total. The molecule has 5 heteroatoms. The second kappa shape index (κ2) is 5.55. The molecule has 0 aromatic carbocycles. The Bertz CT molecular complexity index is 339. The Morgan fingerprint density at radius 2 is 2.12 bits per heavy atom. The van der Waals surface area contributed by atoms with Crippen LogP contribution in [0.1, 0.15) is 32.5 Å². The van der Waals surface area contributed by atoms with Crippen LogP contribution in [0, 0.1) is 0 Å². The van der Waals surface area contributed by atoms with Crippen LogP contribution in [-0.2, 0) is 4.79 Å². The Labute approximate surface area is 95.7 Å². The third-order valence-corrected chi connectivity index (χ3v) is 2.45. The van der Waals surface area contributed by atoms with Crippen LogP contribution in [0.5, 0.6) is 0 Å². The predicted molar refractivity (Wildman–Crippen MR) is 61.5 cm³/mol. The second-order valence-corrected chi connectivity index (χ2v) is 3.91. The van der Waals surface area contributed by atoms with Gasteiger partial charge in [-0.2, -0.15) is 0 Å². The molecule has 1 aromatic heterocycles. The van der Waals surface area contributed by atoms with Crippen molar-refractivity contribution in [1.82, 2.24) is 14.9 Å². The van der Waals surface area contributed by atoms with E-state index in [0.29, 0.717) is 0 Å². The minimum absolute atomic E-state index is 0.0166. The number of rotatable bonds is 4. The van der Waals surface area contributed by atoms with Gasteiger partial charge in [-0.1, -0.05) is 0 Å². The van der Waals surface area contributed by atoms with Crippen molar-refractivity contribution >= 4 is 5.91 Å². The summed E-state index contributed by atoms with van der Waals surface area (Å²) in [4.78, 5) is 21.6. The Hall–Kier alpha value is -1.49. The average Bonchev–Trinajstić information content (AvgIpc) is 2.29. The van der Waals surface area contributed by atoms with E-state index in [-0.39, 0.29) is 24.5 Å². The molecule has 0 fully saturated rings. The normalized spacial score (nSPS) is 12.6. The smallest absolute Gasteiger partial charge is 0.237 e. The lowest BCUT2D eigenvalue weighted by atomic mass is 10.1. The zero-order chi connectivity index (χ0) is 12.1. The number of amides is 1. The summed E-state index contributed by atoms with van der Waals surface area (Å²) < 4.78 is 0. The molecule has 1 heterocycles. The maximum Gasteiger partial charge on any atom is 0.237 e. The summed E-state index contributed by atoms with van der Waals surface area (Å²) in [6.45, 7) is 5.86. The standard InChI is InChI=1S/C11H18N4O/c1-8(2)15(11(16)6-12)9(3)10-7-13-4-5-14-10/h4-5,7-9H,6,12H2,1-3H3. The first kappa shape index (κ1) is 12.6. The highest BCUT2D eigenvalue weighted by Gasteiger charge is 2.23. The van der Waals surface area contributed by atoms with Crippen LogP contribution in [0.4, 0.5) is 0 Å². The monoisotopic (exact) mass is 222 g/mol. The van der Waals surface area contributed by atoms with E-state index in [9.17, 15) is 4.79 Å². The summed E-state index contributed by atoms with van der Waals surface area (Å²) in [5.41, 5.74) is 6.18. The lowest BCUT2D eigenvalue weighted by Gasteiger charge is -2.32. The first-order valence-corrected chi connectivity index (χ1v) is 5.35. The SMILES string of the molecule is CC(C)N(C(=O)CN)C(C)c1cnccn1. The largest absolute Gasteiger partial charge is 0.331 e. The van der Waals surface area contributed by atoms with Gasteiger partial charge in [0.25, 0.3) is 0 Å². The van der Waals surface area contributed by atoms with E-state index in [1.54, 1.807) is 23.5 Å². The molecule has 2 N–H and O–H groups in total. The number of hydrogen-bond acceptors (Lipinski definition) is 4. The molecule has 0 saturated carbocycles. The summed E-state index contributed by atoms with van der Waals surface area (Å²) in [6.07, 6.45) is 4.90. The van der Waals surface area contributed by atoms with E-state index >= 15 is 0 Å². The summed E-state index contributed by atoms with van der Waals surface area (Å²) in [5.74, 6) is -0.0758. The number of carbonyl (C=O) groups is 1. The van der Waals surface area contributed by atoms with Gasteiger partial charge in [0.2, 0.25) is 5.91 Å². The Balaban J connectivity index is 2.92. The maximum absolute atomic E-state index is 11.7. The van der Waals surface area contributed by atoms with E-state index in [1.165, 1.54) is 0 Å². The molecule has 1 aromatic rings. The van der Waals surface area contributed by atoms with Crippen LogP contribution < -0.4 is 5.73 Å². The van der Waals surface area contributed by atoms with Crippen LogP contribution >= 0.6 is 0 Å². The minimum atomic E-state index is -0.107.